The van der Waals surface area contributed by atoms with E-state index in [1.807, 2.05) is 10.8 Å². The lowest BCUT2D eigenvalue weighted by atomic mass is 9.83. The summed E-state index contributed by atoms with van der Waals surface area (Å²) >= 11 is 0. The highest BCUT2D eigenvalue weighted by molar-refractivity contribution is 5.79. The highest BCUT2D eigenvalue weighted by Crippen LogP contribution is 2.25. The Morgan fingerprint density at radius 1 is 1.38 bits per heavy atom. The largest absolute Gasteiger partial charge is 0.351 e. The Morgan fingerprint density at radius 2 is 2.05 bits per heavy atom. The van der Waals surface area contributed by atoms with Crippen molar-refractivity contribution < 1.29 is 4.79 Å². The Bertz CT molecular complexity index is 441. The molecule has 3 N–H and O–H groups in total. The number of nitrogens with one attached hydrogen (secondary N) is 1. The quantitative estimate of drug-likeness (QED) is 0.890. The van der Waals surface area contributed by atoms with Gasteiger partial charge in [-0.2, -0.15) is 0 Å². The molecule has 0 spiro atoms. The van der Waals surface area contributed by atoms with E-state index in [-0.39, 0.29) is 29.3 Å². The van der Waals surface area contributed by atoms with Crippen molar-refractivity contribution >= 4 is 5.91 Å². The van der Waals surface area contributed by atoms with E-state index in [0.717, 1.165) is 32.2 Å². The summed E-state index contributed by atoms with van der Waals surface area (Å²) in [6.45, 7) is 7.23. The predicted octanol–water partition coefficient (Wildman–Crippen LogP) is 1.93. The van der Waals surface area contributed by atoms with Gasteiger partial charge >= 0.3 is 0 Å². The van der Waals surface area contributed by atoms with Gasteiger partial charge in [-0.05, 0) is 31.1 Å². The third-order valence-electron chi connectivity index (χ3n) is 4.46. The van der Waals surface area contributed by atoms with Crippen molar-refractivity contribution in [3.8, 4) is 0 Å². The van der Waals surface area contributed by atoms with Crippen molar-refractivity contribution in [2.45, 2.75) is 65.1 Å². The van der Waals surface area contributed by atoms with Gasteiger partial charge in [0.05, 0.1) is 12.4 Å². The number of hydrogen-bond acceptors (Lipinski definition) is 3. The molecule has 1 aromatic heterocycles. The first kappa shape index (κ1) is 16.0. The van der Waals surface area contributed by atoms with Gasteiger partial charge in [-0.1, -0.05) is 20.8 Å². The summed E-state index contributed by atoms with van der Waals surface area (Å²) in [6.07, 6.45) is 9.24. The summed E-state index contributed by atoms with van der Waals surface area (Å²) in [5.74, 6) is 0.305. The number of nitrogens with zero attached hydrogens (tertiary/aromatic N) is 2. The molecule has 0 saturated heterocycles. The molecule has 2 rings (SSSR count). The minimum Gasteiger partial charge on any atom is -0.351 e. The summed E-state index contributed by atoms with van der Waals surface area (Å²) in [5.41, 5.74) is 5.92. The number of nitrogens with two attached hydrogens (primary N) is 1. The van der Waals surface area contributed by atoms with Gasteiger partial charge in [-0.15, -0.1) is 0 Å². The van der Waals surface area contributed by atoms with Gasteiger partial charge in [0.1, 0.15) is 0 Å². The number of hydrogen-bond donors (Lipinski definition) is 2. The van der Waals surface area contributed by atoms with Crippen LogP contribution in [0.2, 0.25) is 0 Å². The van der Waals surface area contributed by atoms with Crippen LogP contribution in [0.5, 0.6) is 0 Å². The minimum absolute atomic E-state index is 0.00496. The third-order valence-corrected chi connectivity index (χ3v) is 4.46. The van der Waals surface area contributed by atoms with Gasteiger partial charge < -0.3 is 15.6 Å². The summed E-state index contributed by atoms with van der Waals surface area (Å²) in [5, 5.41) is 3.25. The lowest BCUT2D eigenvalue weighted by Crippen LogP contribution is -2.49. The molecule has 5 nitrogen and oxygen atoms in total. The lowest BCUT2D eigenvalue weighted by Gasteiger charge is -2.34. The average Bonchev–Trinajstić information content (AvgIpc) is 2.90. The van der Waals surface area contributed by atoms with Crippen molar-refractivity contribution in [3.05, 3.63) is 18.7 Å². The van der Waals surface area contributed by atoms with Crippen LogP contribution < -0.4 is 11.1 Å². The smallest absolute Gasteiger partial charge is 0.223 e. The number of imidazole rings is 1. The first-order valence-corrected chi connectivity index (χ1v) is 7.88. The van der Waals surface area contributed by atoms with Gasteiger partial charge in [0.2, 0.25) is 5.91 Å². The molecule has 1 saturated carbocycles. The zero-order valence-electron chi connectivity index (χ0n) is 13.4. The van der Waals surface area contributed by atoms with E-state index >= 15 is 0 Å². The van der Waals surface area contributed by atoms with E-state index in [1.54, 1.807) is 12.5 Å². The van der Waals surface area contributed by atoms with Crippen molar-refractivity contribution in [1.29, 1.82) is 0 Å². The molecule has 1 fully saturated rings. The highest BCUT2D eigenvalue weighted by atomic mass is 16.2. The molecule has 1 amide bonds. The van der Waals surface area contributed by atoms with Gasteiger partial charge in [0, 0.05) is 30.9 Å². The number of aromatic nitrogens is 2. The maximum Gasteiger partial charge on any atom is 0.223 e. The van der Waals surface area contributed by atoms with Crippen LogP contribution in [0.25, 0.3) is 0 Å². The van der Waals surface area contributed by atoms with Crippen LogP contribution in [-0.4, -0.2) is 27.5 Å². The van der Waals surface area contributed by atoms with Gasteiger partial charge in [0.15, 0.2) is 0 Å². The normalized spacial score (nSPS) is 24.6. The first-order chi connectivity index (χ1) is 9.86. The first-order valence-electron chi connectivity index (χ1n) is 7.88. The van der Waals surface area contributed by atoms with Gasteiger partial charge in [-0.3, -0.25) is 4.79 Å². The Labute approximate surface area is 127 Å². The molecular weight excluding hydrogens is 264 g/mol. The van der Waals surface area contributed by atoms with E-state index in [0.29, 0.717) is 0 Å². The van der Waals surface area contributed by atoms with Crippen molar-refractivity contribution in [2.75, 3.05) is 0 Å². The van der Waals surface area contributed by atoms with Crippen LogP contribution >= 0.6 is 0 Å². The Kier molecular flexibility index (Phi) is 5.04. The van der Waals surface area contributed by atoms with Gasteiger partial charge in [0.25, 0.3) is 0 Å². The van der Waals surface area contributed by atoms with E-state index in [1.165, 1.54) is 0 Å². The van der Waals surface area contributed by atoms with Crippen LogP contribution in [0, 0.1) is 11.3 Å². The number of rotatable bonds is 4. The summed E-state index contributed by atoms with van der Waals surface area (Å²) in [4.78, 5) is 16.6. The molecule has 118 valence electrons. The second kappa shape index (κ2) is 6.60. The monoisotopic (exact) mass is 292 g/mol. The second-order valence-corrected chi connectivity index (χ2v) is 7.30. The maximum absolute atomic E-state index is 12.5. The fraction of sp³-hybridized carbons (Fsp3) is 0.750. The molecule has 0 radical (unpaired) electrons. The molecule has 0 aromatic carbocycles. The zero-order chi connectivity index (χ0) is 15.5. The van der Waals surface area contributed by atoms with Crippen LogP contribution in [-0.2, 0) is 11.3 Å². The molecule has 1 heterocycles. The summed E-state index contributed by atoms with van der Waals surface area (Å²) in [6, 6.07) is 0.369. The fourth-order valence-corrected chi connectivity index (χ4v) is 2.81. The zero-order valence-corrected chi connectivity index (χ0v) is 13.4. The van der Waals surface area contributed by atoms with Crippen LogP contribution in [0.4, 0.5) is 0 Å². The average molecular weight is 292 g/mol. The Hall–Kier alpha value is -1.36. The minimum atomic E-state index is 0.00496. The molecule has 1 atom stereocenters. The summed E-state index contributed by atoms with van der Waals surface area (Å²) < 4.78 is 2.02. The topological polar surface area (TPSA) is 72.9 Å². The molecular formula is C16H28N4O. The molecule has 21 heavy (non-hydrogen) atoms. The lowest BCUT2D eigenvalue weighted by molar-refractivity contribution is -0.127. The number of amides is 1. The molecule has 1 aromatic rings. The van der Waals surface area contributed by atoms with E-state index in [9.17, 15) is 4.79 Å². The predicted molar refractivity (Wildman–Crippen MR) is 83.5 cm³/mol. The SMILES string of the molecule is CC(C)(C)C(Cn1ccnc1)NC(=O)C1CCC(N)CC1. The van der Waals surface area contributed by atoms with Crippen molar-refractivity contribution in [2.24, 2.45) is 17.1 Å². The molecule has 5 heteroatoms. The fourth-order valence-electron chi connectivity index (χ4n) is 2.81. The highest BCUT2D eigenvalue weighted by Gasteiger charge is 2.30. The van der Waals surface area contributed by atoms with Crippen LogP contribution in [0.15, 0.2) is 18.7 Å². The standard InChI is InChI=1S/C16H28N4O/c1-16(2,3)14(10-20-9-8-18-11-20)19-15(21)12-4-6-13(17)7-5-12/h8-9,11-14H,4-7,10,17H2,1-3H3,(H,19,21). The van der Waals surface area contributed by atoms with E-state index in [2.05, 4.69) is 31.1 Å². The summed E-state index contributed by atoms with van der Waals surface area (Å²) in [7, 11) is 0. The van der Waals surface area contributed by atoms with E-state index < -0.39 is 0 Å². The number of carbonyl (C=O) groups excluding carboxylic acids is 1. The Balaban J connectivity index is 1.96. The molecule has 1 aliphatic carbocycles. The molecule has 1 unspecified atom stereocenters. The van der Waals surface area contributed by atoms with E-state index in [4.69, 9.17) is 5.73 Å². The second-order valence-electron chi connectivity index (χ2n) is 7.30. The van der Waals surface area contributed by atoms with Crippen LogP contribution in [0.3, 0.4) is 0 Å². The van der Waals surface area contributed by atoms with Crippen molar-refractivity contribution in [1.82, 2.24) is 14.9 Å². The Morgan fingerprint density at radius 3 is 2.57 bits per heavy atom. The third kappa shape index (κ3) is 4.56. The molecule has 0 aliphatic heterocycles. The maximum atomic E-state index is 12.5. The van der Waals surface area contributed by atoms with Crippen molar-refractivity contribution in [3.63, 3.8) is 0 Å². The number of carbonyl (C=O) groups is 1. The van der Waals surface area contributed by atoms with Gasteiger partial charge in [-0.25, -0.2) is 4.98 Å². The molecule has 0 bridgehead atoms. The van der Waals surface area contributed by atoms with Crippen LogP contribution in [0.1, 0.15) is 46.5 Å². The molecule has 1 aliphatic rings.